The van der Waals surface area contributed by atoms with Crippen LogP contribution < -0.4 is 5.32 Å². The summed E-state index contributed by atoms with van der Waals surface area (Å²) in [6, 6.07) is 10.5. The molecule has 1 aliphatic rings. The van der Waals surface area contributed by atoms with Gasteiger partial charge in [0.25, 0.3) is 5.91 Å². The minimum absolute atomic E-state index is 0.0465. The molecule has 132 valence electrons. The van der Waals surface area contributed by atoms with Crippen LogP contribution in [-0.2, 0) is 6.54 Å². The van der Waals surface area contributed by atoms with Crippen molar-refractivity contribution in [2.75, 3.05) is 13.1 Å². The van der Waals surface area contributed by atoms with Crippen LogP contribution in [0.4, 0.5) is 4.39 Å². The number of carbonyl (C=O) groups excluding carboxylic acids is 1. The first-order valence-electron chi connectivity index (χ1n) is 8.31. The topological polar surface area (TPSA) is 72.8 Å². The number of phenols is 2. The molecule has 1 aliphatic heterocycles. The fourth-order valence-electron chi connectivity index (χ4n) is 3.06. The summed E-state index contributed by atoms with van der Waals surface area (Å²) in [7, 11) is 0. The number of aromatic hydroxyl groups is 2. The summed E-state index contributed by atoms with van der Waals surface area (Å²) in [4.78, 5) is 14.5. The van der Waals surface area contributed by atoms with Gasteiger partial charge in [0.2, 0.25) is 0 Å². The number of hydrogen-bond acceptors (Lipinski definition) is 4. The lowest BCUT2D eigenvalue weighted by Gasteiger charge is -2.32. The summed E-state index contributed by atoms with van der Waals surface area (Å²) in [6.45, 7) is 2.44. The van der Waals surface area contributed by atoms with Crippen LogP contribution in [0.1, 0.15) is 28.8 Å². The smallest absolute Gasteiger partial charge is 0.255 e. The normalized spacial score (nSPS) is 15.9. The van der Waals surface area contributed by atoms with E-state index in [1.807, 2.05) is 0 Å². The van der Waals surface area contributed by atoms with Crippen molar-refractivity contribution in [3.8, 4) is 11.5 Å². The van der Waals surface area contributed by atoms with E-state index in [-0.39, 0.29) is 34.8 Å². The molecule has 0 aromatic heterocycles. The highest BCUT2D eigenvalue weighted by Crippen LogP contribution is 2.23. The first-order valence-corrected chi connectivity index (χ1v) is 8.31. The van der Waals surface area contributed by atoms with Crippen LogP contribution in [0.25, 0.3) is 0 Å². The highest BCUT2D eigenvalue weighted by molar-refractivity contribution is 5.97. The van der Waals surface area contributed by atoms with E-state index in [0.29, 0.717) is 0 Å². The molecule has 0 unspecified atom stereocenters. The Balaban J connectivity index is 1.50. The maximum absolute atomic E-state index is 12.9. The van der Waals surface area contributed by atoms with Crippen molar-refractivity contribution in [1.82, 2.24) is 10.2 Å². The zero-order valence-corrected chi connectivity index (χ0v) is 13.8. The molecule has 0 spiro atoms. The number of benzene rings is 2. The van der Waals surface area contributed by atoms with Crippen molar-refractivity contribution in [3.63, 3.8) is 0 Å². The lowest BCUT2D eigenvalue weighted by atomic mass is 10.0. The number of hydrogen-bond donors (Lipinski definition) is 3. The molecule has 1 heterocycles. The maximum atomic E-state index is 12.9. The predicted molar refractivity (Wildman–Crippen MR) is 91.9 cm³/mol. The third-order valence-electron chi connectivity index (χ3n) is 4.47. The number of nitrogens with one attached hydrogen (secondary N) is 1. The third-order valence-corrected chi connectivity index (χ3v) is 4.47. The van der Waals surface area contributed by atoms with E-state index < -0.39 is 0 Å². The average molecular weight is 344 g/mol. The van der Waals surface area contributed by atoms with Gasteiger partial charge < -0.3 is 15.5 Å². The Morgan fingerprint density at radius 3 is 2.44 bits per heavy atom. The van der Waals surface area contributed by atoms with Crippen molar-refractivity contribution in [1.29, 1.82) is 0 Å². The Morgan fingerprint density at radius 1 is 1.12 bits per heavy atom. The van der Waals surface area contributed by atoms with Gasteiger partial charge in [0, 0.05) is 31.7 Å². The number of nitrogens with zero attached hydrogens (tertiary/aromatic N) is 1. The second kappa shape index (κ2) is 7.53. The molecule has 0 aliphatic carbocycles. The molecule has 6 heteroatoms. The second-order valence-electron chi connectivity index (χ2n) is 6.35. The SMILES string of the molecule is O=C(NC1CCN(Cc2ccc(F)cc2)CC1)c1ccc(O)cc1O. The number of piperidine rings is 1. The summed E-state index contributed by atoms with van der Waals surface area (Å²) in [6.07, 6.45) is 1.62. The minimum atomic E-state index is -0.338. The number of rotatable bonds is 4. The van der Waals surface area contributed by atoms with Crippen molar-refractivity contribution in [2.24, 2.45) is 0 Å². The summed E-state index contributed by atoms with van der Waals surface area (Å²) >= 11 is 0. The molecular formula is C19H21FN2O3. The standard InChI is InChI=1S/C19H21FN2O3/c20-14-3-1-13(2-4-14)12-22-9-7-15(8-10-22)21-19(25)17-6-5-16(23)11-18(17)24/h1-6,11,15,23-24H,7-10,12H2,(H,21,25). The van der Waals surface area contributed by atoms with Gasteiger partial charge in [-0.05, 0) is 42.7 Å². The number of likely N-dealkylation sites (tertiary alicyclic amines) is 1. The van der Waals surface area contributed by atoms with Crippen molar-refractivity contribution in [2.45, 2.75) is 25.4 Å². The molecule has 3 N–H and O–H groups in total. The van der Waals surface area contributed by atoms with Crippen LogP contribution >= 0.6 is 0 Å². The van der Waals surface area contributed by atoms with E-state index in [2.05, 4.69) is 10.2 Å². The van der Waals surface area contributed by atoms with Crippen molar-refractivity contribution in [3.05, 3.63) is 59.4 Å². The number of carbonyl (C=O) groups is 1. The molecule has 0 bridgehead atoms. The van der Waals surface area contributed by atoms with Crippen molar-refractivity contribution < 1.29 is 19.4 Å². The molecule has 1 fully saturated rings. The quantitative estimate of drug-likeness (QED) is 0.797. The second-order valence-corrected chi connectivity index (χ2v) is 6.35. The predicted octanol–water partition coefficient (Wildman–Crippen LogP) is 2.63. The molecule has 0 atom stereocenters. The third kappa shape index (κ3) is 4.48. The lowest BCUT2D eigenvalue weighted by Crippen LogP contribution is -2.44. The molecular weight excluding hydrogens is 323 g/mol. The van der Waals surface area contributed by atoms with Gasteiger partial charge in [0.05, 0.1) is 5.56 Å². The first-order chi connectivity index (χ1) is 12.0. The van der Waals surface area contributed by atoms with Gasteiger partial charge in [-0.25, -0.2) is 4.39 Å². The molecule has 3 rings (SSSR count). The van der Waals surface area contributed by atoms with Crippen LogP contribution in [0.5, 0.6) is 11.5 Å². The van der Waals surface area contributed by atoms with E-state index in [1.54, 1.807) is 12.1 Å². The molecule has 2 aromatic rings. The Labute approximate surface area is 145 Å². The molecule has 5 nitrogen and oxygen atoms in total. The highest BCUT2D eigenvalue weighted by atomic mass is 19.1. The van der Waals surface area contributed by atoms with Gasteiger partial charge in [-0.1, -0.05) is 12.1 Å². The van der Waals surface area contributed by atoms with Gasteiger partial charge in [0.15, 0.2) is 0 Å². The van der Waals surface area contributed by atoms with Crippen LogP contribution in [0.2, 0.25) is 0 Å². The van der Waals surface area contributed by atoms with Gasteiger partial charge >= 0.3 is 0 Å². The van der Waals surface area contributed by atoms with E-state index >= 15 is 0 Å². The number of phenolic OH excluding ortho intramolecular Hbond substituents is 2. The Morgan fingerprint density at radius 2 is 1.80 bits per heavy atom. The minimum Gasteiger partial charge on any atom is -0.508 e. The fraction of sp³-hybridized carbons (Fsp3) is 0.316. The largest absolute Gasteiger partial charge is 0.508 e. The fourth-order valence-corrected chi connectivity index (χ4v) is 3.06. The molecule has 1 amide bonds. The molecule has 0 radical (unpaired) electrons. The average Bonchev–Trinajstić information content (AvgIpc) is 2.58. The number of halogens is 1. The Kier molecular flexibility index (Phi) is 5.19. The molecule has 0 saturated carbocycles. The van der Waals surface area contributed by atoms with E-state index in [9.17, 15) is 19.4 Å². The Bertz CT molecular complexity index is 741. The van der Waals surface area contributed by atoms with Crippen molar-refractivity contribution >= 4 is 5.91 Å². The molecule has 1 saturated heterocycles. The van der Waals surface area contributed by atoms with Crippen LogP contribution in [0.15, 0.2) is 42.5 Å². The van der Waals surface area contributed by atoms with Crippen LogP contribution in [0.3, 0.4) is 0 Å². The lowest BCUT2D eigenvalue weighted by molar-refractivity contribution is 0.0906. The maximum Gasteiger partial charge on any atom is 0.255 e. The van der Waals surface area contributed by atoms with E-state index in [1.165, 1.54) is 24.3 Å². The van der Waals surface area contributed by atoms with E-state index in [0.717, 1.165) is 44.1 Å². The summed E-state index contributed by atoms with van der Waals surface area (Å²) in [5, 5.41) is 22.0. The number of amides is 1. The van der Waals surface area contributed by atoms with E-state index in [4.69, 9.17) is 0 Å². The van der Waals surface area contributed by atoms with Gasteiger partial charge in [0.1, 0.15) is 17.3 Å². The van der Waals surface area contributed by atoms with Crippen LogP contribution in [-0.4, -0.2) is 40.2 Å². The molecule has 25 heavy (non-hydrogen) atoms. The highest BCUT2D eigenvalue weighted by Gasteiger charge is 2.22. The summed E-state index contributed by atoms with van der Waals surface area (Å²) in [5.74, 6) is -0.883. The molecule has 2 aromatic carbocycles. The Hall–Kier alpha value is -2.60. The zero-order valence-electron chi connectivity index (χ0n) is 13.8. The first kappa shape index (κ1) is 17.2. The van der Waals surface area contributed by atoms with Gasteiger partial charge in [-0.3, -0.25) is 9.69 Å². The van der Waals surface area contributed by atoms with Gasteiger partial charge in [-0.15, -0.1) is 0 Å². The van der Waals surface area contributed by atoms with Crippen LogP contribution in [0, 0.1) is 5.82 Å². The zero-order chi connectivity index (χ0) is 17.8. The monoisotopic (exact) mass is 344 g/mol. The summed E-state index contributed by atoms with van der Waals surface area (Å²) in [5.41, 5.74) is 1.23. The van der Waals surface area contributed by atoms with Gasteiger partial charge in [-0.2, -0.15) is 0 Å². The summed E-state index contributed by atoms with van der Waals surface area (Å²) < 4.78 is 12.9.